The number of benzene rings is 18. The molecular formula is C64H9KO. The van der Waals surface area contributed by atoms with Gasteiger partial charge in [0, 0.05) is 19.1 Å². The van der Waals surface area contributed by atoms with E-state index < -0.39 is 0 Å². The molecular weight excluding hydrogens is 824 g/mol. The summed E-state index contributed by atoms with van der Waals surface area (Å²) in [6.45, 7) is 2.00. The summed E-state index contributed by atoms with van der Waals surface area (Å²) in [4.78, 5) is 0. The topological polar surface area (TPSA) is 9.23 Å². The van der Waals surface area contributed by atoms with Crippen LogP contribution in [0.25, 0.3) is 302 Å². The van der Waals surface area contributed by atoms with Crippen molar-refractivity contribution >= 4 is 302 Å². The van der Waals surface area contributed by atoms with Crippen LogP contribution in [0.4, 0.5) is 0 Å². The first kappa shape index (κ1) is 26.3. The number of ether oxygens (including phenoxy) is 1. The van der Waals surface area contributed by atoms with Crippen molar-refractivity contribution in [2.75, 3.05) is 13.2 Å². The van der Waals surface area contributed by atoms with Gasteiger partial charge in [-0.15, -0.1) is 10.8 Å². The second-order valence-corrected chi connectivity index (χ2v) is 24.0. The Morgan fingerprint density at radius 1 is 0.212 bits per heavy atom. The fourth-order valence-corrected chi connectivity index (χ4v) is 23.3. The zero-order chi connectivity index (χ0) is 38.2. The van der Waals surface area contributed by atoms with Crippen LogP contribution in [-0.4, -0.2) is 13.2 Å². The maximum Gasteiger partial charge on any atom is 1.00 e. The van der Waals surface area contributed by atoms with Gasteiger partial charge < -0.3 is 4.74 Å². The summed E-state index contributed by atoms with van der Waals surface area (Å²) in [5, 5.41) is 94.1. The first-order chi connectivity index (χ1) is 32.5. The van der Waals surface area contributed by atoms with Crippen molar-refractivity contribution in [3.8, 4) is 0 Å². The zero-order valence-corrected chi connectivity index (χ0v) is 37.4. The van der Waals surface area contributed by atoms with E-state index in [0.29, 0.717) is 5.92 Å². The molecule has 0 spiro atoms. The molecule has 0 N–H and O–H groups in total. The fraction of sp³-hybridized carbons (Fsp3) is 0.0781. The molecule has 4 aliphatic rings. The molecule has 0 bridgehead atoms. The van der Waals surface area contributed by atoms with Crippen molar-refractivity contribution in [3.05, 3.63) is 16.7 Å². The predicted molar refractivity (Wildman–Crippen MR) is 278 cm³/mol. The quantitative estimate of drug-likeness (QED) is 0.0840. The summed E-state index contributed by atoms with van der Waals surface area (Å²) in [5.41, 5.74) is 5.25. The van der Waals surface area contributed by atoms with Crippen LogP contribution in [0, 0.1) is 0 Å². The van der Waals surface area contributed by atoms with Crippen LogP contribution in [0.5, 0.6) is 0 Å². The molecule has 1 heterocycles. The summed E-state index contributed by atoms with van der Waals surface area (Å²) >= 11 is 0. The van der Waals surface area contributed by atoms with Crippen LogP contribution in [-0.2, 0) is 4.74 Å². The van der Waals surface area contributed by atoms with E-state index in [2.05, 4.69) is 0 Å². The van der Waals surface area contributed by atoms with E-state index >= 15 is 0 Å². The molecule has 1 fully saturated rings. The molecule has 29 aromatic rings. The van der Waals surface area contributed by atoms with Crippen molar-refractivity contribution < 1.29 is 56.1 Å². The minimum Gasteiger partial charge on any atom is -0.381 e. The van der Waals surface area contributed by atoms with E-state index in [1.54, 1.807) is 318 Å². The second-order valence-electron chi connectivity index (χ2n) is 24.0. The van der Waals surface area contributed by atoms with Crippen molar-refractivity contribution in [3.63, 3.8) is 0 Å². The largest absolute Gasteiger partial charge is 1.00 e. The molecule has 33 rings (SSSR count). The summed E-state index contributed by atoms with van der Waals surface area (Å²) < 4.78 is 4.94. The Kier molecular flexibility index (Phi) is 2.46. The van der Waals surface area contributed by atoms with Crippen LogP contribution in [0.3, 0.4) is 0 Å². The Morgan fingerprint density at radius 3 is 0.545 bits per heavy atom. The normalized spacial score (nSPS) is 18.7. The van der Waals surface area contributed by atoms with E-state index in [-0.39, 0.29) is 51.4 Å². The Hall–Kier alpha value is -6.07. The SMILES string of the molecule is C1CCOC1.[K+].c12c3c4c5c6c7c8c4c4c9c3c3c%10c1c1c%11c%10c%10c%12c3c9c3c9c4c8c4c8c7c7c%13c%14c8c8c4c9c4c3c%12c3c%10c9c%10c%12c3c4c8c%12c%14c3c%10c(c9%11)c4c(c3%13)c(c67)[c-](c14)C25. The summed E-state index contributed by atoms with van der Waals surface area (Å²) in [6.07, 6.45) is 2.56. The van der Waals surface area contributed by atoms with Gasteiger partial charge in [0.1, 0.15) is 0 Å². The maximum absolute atomic E-state index is 4.94. The van der Waals surface area contributed by atoms with Crippen LogP contribution in [0.1, 0.15) is 35.4 Å². The molecule has 29 aromatic carbocycles. The van der Waals surface area contributed by atoms with Crippen molar-refractivity contribution in [1.29, 1.82) is 0 Å². The van der Waals surface area contributed by atoms with Gasteiger partial charge in [0.05, 0.1) is 0 Å². The summed E-state index contributed by atoms with van der Waals surface area (Å²) in [5.74, 6) is 0.343. The van der Waals surface area contributed by atoms with E-state index in [0.717, 1.165) is 13.2 Å². The van der Waals surface area contributed by atoms with Crippen molar-refractivity contribution in [1.82, 2.24) is 0 Å². The molecule has 2 heteroatoms. The van der Waals surface area contributed by atoms with Gasteiger partial charge in [-0.1, -0.05) is 27.1 Å². The number of rotatable bonds is 0. The molecule has 0 saturated carbocycles. The Morgan fingerprint density at radius 2 is 0.364 bits per heavy atom. The van der Waals surface area contributed by atoms with Gasteiger partial charge in [0.15, 0.2) is 0 Å². The smallest absolute Gasteiger partial charge is 0.381 e. The second kappa shape index (κ2) is 6.18. The molecule has 1 saturated heterocycles. The number of hydrogen-bond donors (Lipinski definition) is 0. The van der Waals surface area contributed by atoms with Gasteiger partial charge in [-0.25, -0.2) is 0 Å². The summed E-state index contributed by atoms with van der Waals surface area (Å²) in [7, 11) is 0. The van der Waals surface area contributed by atoms with Crippen LogP contribution >= 0.6 is 0 Å². The third-order valence-corrected chi connectivity index (χ3v) is 23.6. The molecule has 1 aliphatic heterocycles. The zero-order valence-electron chi connectivity index (χ0n) is 34.3. The van der Waals surface area contributed by atoms with Gasteiger partial charge in [-0.2, -0.15) is 0 Å². The molecule has 66 heavy (non-hydrogen) atoms. The van der Waals surface area contributed by atoms with E-state index in [9.17, 15) is 0 Å². The molecule has 1 nitrogen and oxygen atoms in total. The average Bonchev–Trinajstić information content (AvgIpc) is 4.13. The van der Waals surface area contributed by atoms with E-state index in [4.69, 9.17) is 4.74 Å². The molecule has 3 aliphatic carbocycles. The minimum atomic E-state index is 0. The van der Waals surface area contributed by atoms with Gasteiger partial charge in [0.25, 0.3) is 0 Å². The van der Waals surface area contributed by atoms with Gasteiger partial charge >= 0.3 is 51.4 Å². The summed E-state index contributed by atoms with van der Waals surface area (Å²) in [6, 6.07) is 0. The fourth-order valence-electron chi connectivity index (χ4n) is 23.3. The van der Waals surface area contributed by atoms with Crippen LogP contribution in [0.15, 0.2) is 0 Å². The predicted octanol–water partition coefficient (Wildman–Crippen LogP) is 15.0. The molecule has 272 valence electrons. The van der Waals surface area contributed by atoms with Crippen LogP contribution in [0.2, 0.25) is 0 Å². The monoisotopic (exact) mass is 832 g/mol. The molecule has 0 atom stereocenters. The van der Waals surface area contributed by atoms with Crippen molar-refractivity contribution in [2.24, 2.45) is 0 Å². The molecule has 0 unspecified atom stereocenters. The first-order valence-corrected chi connectivity index (χ1v) is 24.7. The molecule has 0 amide bonds. The van der Waals surface area contributed by atoms with Gasteiger partial charge in [0.2, 0.25) is 0 Å². The molecule has 0 radical (unpaired) electrons. The maximum atomic E-state index is 4.94. The third kappa shape index (κ3) is 1.46. The van der Waals surface area contributed by atoms with Crippen LogP contribution < -0.4 is 51.4 Å². The van der Waals surface area contributed by atoms with E-state index in [1.165, 1.54) is 12.8 Å². The third-order valence-electron chi connectivity index (χ3n) is 23.6. The standard InChI is InChI=1S/C60H.C4H8O.K/c1-2-5-6-3(1)8-12-10-4(1)9-11-7(2)17-21-13(5)23-24-14(6)22-18(8)28-20(12)30-26-16(10)15(9)25-29-19(11)27(17)37-41-31(21)33(23)43-44-34(24)32(22)42-38(28)48-40(30)46-36(26)35(25)45-39(29)47(37)55-49(41)51(43)57-52(44)50(42)56(48)59-54(46)53(45)58(55)60(57)59;1-2-4-5-3-1;/h1H;1-4H2;/q-1;;+1. The Bertz CT molecular complexity index is 6450. The van der Waals surface area contributed by atoms with Gasteiger partial charge in [-0.05, 0) is 293 Å². The molecule has 0 aromatic heterocycles. The van der Waals surface area contributed by atoms with Crippen molar-refractivity contribution in [2.45, 2.75) is 18.8 Å². The van der Waals surface area contributed by atoms with E-state index in [1.807, 2.05) is 0 Å². The minimum absolute atomic E-state index is 0. The average molecular weight is 833 g/mol. The Balaban J connectivity index is 0.000000462. The Labute approximate surface area is 402 Å². The number of hydrogen-bond acceptors (Lipinski definition) is 1. The van der Waals surface area contributed by atoms with Gasteiger partial charge in [-0.3, -0.25) is 0 Å². The first-order valence-electron chi connectivity index (χ1n) is 24.7.